The molecule has 2 aromatic rings. The van der Waals surface area contributed by atoms with Gasteiger partial charge in [-0.25, -0.2) is 0 Å². The fourth-order valence-corrected chi connectivity index (χ4v) is 2.61. The van der Waals surface area contributed by atoms with Crippen molar-refractivity contribution in [1.29, 1.82) is 0 Å². The van der Waals surface area contributed by atoms with Gasteiger partial charge in [-0.1, -0.05) is 49.4 Å². The molecule has 0 aliphatic heterocycles. The summed E-state index contributed by atoms with van der Waals surface area (Å²) in [6, 6.07) is 17.5. The van der Waals surface area contributed by atoms with Gasteiger partial charge in [0.05, 0.1) is 19.6 Å². The normalized spacial score (nSPS) is 10.4. The van der Waals surface area contributed by atoms with Crippen LogP contribution in [0.4, 0.5) is 5.69 Å². The average Bonchev–Trinajstić information content (AvgIpc) is 2.67. The topological polar surface area (TPSA) is 58.6 Å². The lowest BCUT2D eigenvalue weighted by Gasteiger charge is -2.23. The number of nitrogens with zero attached hydrogens (tertiary/aromatic N) is 1. The molecule has 0 spiro atoms. The van der Waals surface area contributed by atoms with E-state index in [0.717, 1.165) is 16.8 Å². The van der Waals surface area contributed by atoms with Crippen LogP contribution in [-0.4, -0.2) is 32.1 Å². The Hall–Kier alpha value is -2.66. The number of amides is 2. The SMILES string of the molecule is CCC(=O)N(Cc1ccccc1)c1ccc(CC(=O)NCCOC)cc1. The van der Waals surface area contributed by atoms with Gasteiger partial charge in [-0.2, -0.15) is 0 Å². The maximum absolute atomic E-state index is 12.4. The number of hydrogen-bond acceptors (Lipinski definition) is 3. The minimum absolute atomic E-state index is 0.0411. The second-order valence-electron chi connectivity index (χ2n) is 6.01. The molecule has 138 valence electrons. The molecular formula is C21H26N2O3. The molecule has 0 aliphatic rings. The predicted octanol–water partition coefficient (Wildman–Crippen LogP) is 2.93. The monoisotopic (exact) mass is 354 g/mol. The van der Waals surface area contributed by atoms with E-state index in [2.05, 4.69) is 5.32 Å². The number of anilines is 1. The Kier molecular flexibility index (Phi) is 7.83. The molecule has 0 atom stereocenters. The third-order valence-corrected chi connectivity index (χ3v) is 4.03. The van der Waals surface area contributed by atoms with Crippen molar-refractivity contribution in [2.24, 2.45) is 0 Å². The largest absolute Gasteiger partial charge is 0.383 e. The number of rotatable bonds is 9. The number of carbonyl (C=O) groups excluding carboxylic acids is 2. The van der Waals surface area contributed by atoms with E-state index in [-0.39, 0.29) is 11.8 Å². The number of ether oxygens (including phenoxy) is 1. The minimum Gasteiger partial charge on any atom is -0.383 e. The van der Waals surface area contributed by atoms with Crippen LogP contribution in [0.25, 0.3) is 0 Å². The molecule has 0 aliphatic carbocycles. The van der Waals surface area contributed by atoms with Crippen LogP contribution in [0.2, 0.25) is 0 Å². The van der Waals surface area contributed by atoms with E-state index in [0.29, 0.717) is 32.5 Å². The summed E-state index contributed by atoms with van der Waals surface area (Å²) in [5.74, 6) is 0.0273. The molecule has 0 unspecified atom stereocenters. The first-order valence-corrected chi connectivity index (χ1v) is 8.83. The summed E-state index contributed by atoms with van der Waals surface area (Å²) in [6.07, 6.45) is 0.751. The van der Waals surface area contributed by atoms with Crippen LogP contribution in [-0.2, 0) is 27.3 Å². The van der Waals surface area contributed by atoms with Gasteiger partial charge in [-0.15, -0.1) is 0 Å². The highest BCUT2D eigenvalue weighted by molar-refractivity contribution is 5.93. The van der Waals surface area contributed by atoms with Gasteiger partial charge in [0.15, 0.2) is 0 Å². The van der Waals surface area contributed by atoms with Gasteiger partial charge in [0, 0.05) is 25.8 Å². The highest BCUT2D eigenvalue weighted by atomic mass is 16.5. The van der Waals surface area contributed by atoms with E-state index in [1.165, 1.54) is 0 Å². The fraction of sp³-hybridized carbons (Fsp3) is 0.333. The van der Waals surface area contributed by atoms with Crippen LogP contribution >= 0.6 is 0 Å². The smallest absolute Gasteiger partial charge is 0.227 e. The van der Waals surface area contributed by atoms with E-state index in [1.807, 2.05) is 61.5 Å². The summed E-state index contributed by atoms with van der Waals surface area (Å²) in [7, 11) is 1.60. The zero-order chi connectivity index (χ0) is 18.8. The Labute approximate surface area is 155 Å². The van der Waals surface area contributed by atoms with Crippen LogP contribution in [0, 0.1) is 0 Å². The Morgan fingerprint density at radius 2 is 1.69 bits per heavy atom. The van der Waals surface area contributed by atoms with Crippen molar-refractivity contribution in [3.05, 3.63) is 65.7 Å². The lowest BCUT2D eigenvalue weighted by Crippen LogP contribution is -2.30. The first-order chi connectivity index (χ1) is 12.6. The van der Waals surface area contributed by atoms with Crippen LogP contribution in [0.5, 0.6) is 0 Å². The van der Waals surface area contributed by atoms with Crippen LogP contribution < -0.4 is 10.2 Å². The summed E-state index contributed by atoms with van der Waals surface area (Å²) < 4.78 is 4.91. The first kappa shape index (κ1) is 19.7. The molecule has 0 saturated carbocycles. The van der Waals surface area contributed by atoms with E-state index in [4.69, 9.17) is 4.74 Å². The van der Waals surface area contributed by atoms with Crippen molar-refractivity contribution in [2.45, 2.75) is 26.3 Å². The average molecular weight is 354 g/mol. The van der Waals surface area contributed by atoms with Crippen molar-refractivity contribution in [2.75, 3.05) is 25.2 Å². The maximum atomic E-state index is 12.4. The second kappa shape index (κ2) is 10.4. The quantitative estimate of drug-likeness (QED) is 0.705. The molecule has 0 heterocycles. The van der Waals surface area contributed by atoms with Gasteiger partial charge in [-0.3, -0.25) is 9.59 Å². The summed E-state index contributed by atoms with van der Waals surface area (Å²) in [5.41, 5.74) is 2.83. The van der Waals surface area contributed by atoms with E-state index >= 15 is 0 Å². The molecule has 0 saturated heterocycles. The molecule has 26 heavy (non-hydrogen) atoms. The lowest BCUT2D eigenvalue weighted by molar-refractivity contribution is -0.120. The van der Waals surface area contributed by atoms with Crippen molar-refractivity contribution in [3.8, 4) is 0 Å². The van der Waals surface area contributed by atoms with Crippen molar-refractivity contribution >= 4 is 17.5 Å². The van der Waals surface area contributed by atoms with Crippen molar-refractivity contribution in [3.63, 3.8) is 0 Å². The highest BCUT2D eigenvalue weighted by Crippen LogP contribution is 2.19. The number of methoxy groups -OCH3 is 1. The zero-order valence-corrected chi connectivity index (χ0v) is 15.4. The molecule has 0 bridgehead atoms. The Balaban J connectivity index is 2.05. The van der Waals surface area contributed by atoms with E-state index in [1.54, 1.807) is 12.0 Å². The molecule has 0 radical (unpaired) electrons. The molecule has 2 amide bonds. The number of benzene rings is 2. The molecule has 2 aromatic carbocycles. The Morgan fingerprint density at radius 1 is 1.00 bits per heavy atom. The summed E-state index contributed by atoms with van der Waals surface area (Å²) in [5, 5.41) is 2.80. The maximum Gasteiger partial charge on any atom is 0.227 e. The van der Waals surface area contributed by atoms with E-state index < -0.39 is 0 Å². The highest BCUT2D eigenvalue weighted by Gasteiger charge is 2.14. The molecule has 1 N–H and O–H groups in total. The fourth-order valence-electron chi connectivity index (χ4n) is 2.61. The predicted molar refractivity (Wildman–Crippen MR) is 103 cm³/mol. The van der Waals surface area contributed by atoms with Gasteiger partial charge in [0.2, 0.25) is 11.8 Å². The van der Waals surface area contributed by atoms with Crippen LogP contribution in [0.15, 0.2) is 54.6 Å². The lowest BCUT2D eigenvalue weighted by atomic mass is 10.1. The zero-order valence-electron chi connectivity index (χ0n) is 15.4. The number of hydrogen-bond donors (Lipinski definition) is 1. The molecular weight excluding hydrogens is 328 g/mol. The molecule has 5 heteroatoms. The van der Waals surface area contributed by atoms with Gasteiger partial charge in [0.1, 0.15) is 0 Å². The minimum atomic E-state index is -0.0411. The third kappa shape index (κ3) is 6.01. The van der Waals surface area contributed by atoms with E-state index in [9.17, 15) is 9.59 Å². The Bertz CT molecular complexity index is 699. The van der Waals surface area contributed by atoms with Gasteiger partial charge in [-0.05, 0) is 23.3 Å². The molecule has 0 aromatic heterocycles. The molecule has 5 nitrogen and oxygen atoms in total. The number of carbonyl (C=O) groups is 2. The van der Waals surface area contributed by atoms with Gasteiger partial charge >= 0.3 is 0 Å². The summed E-state index contributed by atoms with van der Waals surface area (Å²) in [6.45, 7) is 3.39. The molecule has 2 rings (SSSR count). The Morgan fingerprint density at radius 3 is 2.31 bits per heavy atom. The standard InChI is InChI=1S/C21H26N2O3/c1-3-21(25)23(16-18-7-5-4-6-8-18)19-11-9-17(10-12-19)15-20(24)22-13-14-26-2/h4-12H,3,13-16H2,1-2H3,(H,22,24). The first-order valence-electron chi connectivity index (χ1n) is 8.83. The summed E-state index contributed by atoms with van der Waals surface area (Å²) >= 11 is 0. The van der Waals surface area contributed by atoms with Gasteiger partial charge in [0.25, 0.3) is 0 Å². The molecule has 0 fully saturated rings. The number of nitrogens with one attached hydrogen (secondary N) is 1. The van der Waals surface area contributed by atoms with Gasteiger partial charge < -0.3 is 15.0 Å². The summed E-state index contributed by atoms with van der Waals surface area (Å²) in [4.78, 5) is 26.0. The van der Waals surface area contributed by atoms with Crippen molar-refractivity contribution in [1.82, 2.24) is 5.32 Å². The second-order valence-corrected chi connectivity index (χ2v) is 6.01. The third-order valence-electron chi connectivity index (χ3n) is 4.03. The van der Waals surface area contributed by atoms with Crippen LogP contribution in [0.3, 0.4) is 0 Å². The van der Waals surface area contributed by atoms with Crippen molar-refractivity contribution < 1.29 is 14.3 Å². The van der Waals surface area contributed by atoms with Crippen LogP contribution in [0.1, 0.15) is 24.5 Å².